The molecule has 1 aromatic carbocycles. The van der Waals surface area contributed by atoms with Gasteiger partial charge in [-0.2, -0.15) is 13.2 Å². The van der Waals surface area contributed by atoms with E-state index >= 15 is 0 Å². The lowest BCUT2D eigenvalue weighted by Crippen LogP contribution is -2.78. The van der Waals surface area contributed by atoms with Gasteiger partial charge >= 0.3 is 6.18 Å². The van der Waals surface area contributed by atoms with Crippen molar-refractivity contribution < 1.29 is 27.1 Å². The van der Waals surface area contributed by atoms with Crippen LogP contribution in [0.1, 0.15) is 50.1 Å². The molecule has 0 atom stereocenters. The van der Waals surface area contributed by atoms with Gasteiger partial charge in [-0.25, -0.2) is 9.37 Å². The molecule has 32 heavy (non-hydrogen) atoms. The second kappa shape index (κ2) is 7.37. The lowest BCUT2D eigenvalue weighted by Gasteiger charge is -2.70. The number of aromatic nitrogens is 2. The molecule has 0 saturated heterocycles. The molecule has 4 fully saturated rings. The summed E-state index contributed by atoms with van der Waals surface area (Å²) in [6.07, 6.45) is 2.28. The normalized spacial score (nSPS) is 30.7. The minimum atomic E-state index is -4.10. The van der Waals surface area contributed by atoms with E-state index in [-0.39, 0.29) is 46.2 Å². The molecule has 4 aliphatic carbocycles. The number of benzene rings is 1. The van der Waals surface area contributed by atoms with Crippen LogP contribution in [0.15, 0.2) is 30.7 Å². The maximum atomic E-state index is 13.4. The molecule has 0 spiro atoms. The van der Waals surface area contributed by atoms with E-state index in [1.165, 1.54) is 12.1 Å². The van der Waals surface area contributed by atoms with Crippen LogP contribution in [0.25, 0.3) is 0 Å². The number of nitrogens with one attached hydrogen (secondary N) is 1. The van der Waals surface area contributed by atoms with Gasteiger partial charge in [0.25, 0.3) is 5.91 Å². The molecule has 1 N–H and O–H groups in total. The Kier molecular flexibility index (Phi) is 4.96. The summed E-state index contributed by atoms with van der Waals surface area (Å²) in [6, 6.07) is 4.00. The highest BCUT2D eigenvalue weighted by Crippen LogP contribution is 2.65. The second-order valence-corrected chi connectivity index (χ2v) is 9.91. The van der Waals surface area contributed by atoms with Gasteiger partial charge in [-0.1, -0.05) is 11.6 Å². The van der Waals surface area contributed by atoms with Gasteiger partial charge in [0.15, 0.2) is 6.61 Å². The third-order valence-corrected chi connectivity index (χ3v) is 7.30. The third-order valence-electron chi connectivity index (χ3n) is 6.99. The van der Waals surface area contributed by atoms with E-state index in [4.69, 9.17) is 16.3 Å². The molecular weight excluding hydrogens is 450 g/mol. The van der Waals surface area contributed by atoms with Gasteiger partial charge in [0, 0.05) is 30.1 Å². The van der Waals surface area contributed by atoms with Gasteiger partial charge in [-0.15, -0.1) is 0 Å². The van der Waals surface area contributed by atoms with Crippen LogP contribution < -0.4 is 10.1 Å². The number of hydrogen-bond acceptors (Lipinski definition) is 3. The van der Waals surface area contributed by atoms with Crippen molar-refractivity contribution in [2.75, 3.05) is 6.61 Å². The van der Waals surface area contributed by atoms with E-state index < -0.39 is 18.4 Å². The molecule has 1 heterocycles. The van der Waals surface area contributed by atoms with Crippen molar-refractivity contribution in [3.8, 4) is 5.75 Å². The molecule has 10 heteroatoms. The molecule has 1 aromatic heterocycles. The summed E-state index contributed by atoms with van der Waals surface area (Å²) in [4.78, 5) is 16.7. The Bertz CT molecular complexity index is 1030. The number of hydrogen-bond donors (Lipinski definition) is 1. The van der Waals surface area contributed by atoms with Crippen LogP contribution in [0.4, 0.5) is 17.6 Å². The van der Waals surface area contributed by atoms with Gasteiger partial charge in [0.2, 0.25) is 0 Å². The topological polar surface area (TPSA) is 56.1 Å². The fourth-order valence-corrected chi connectivity index (χ4v) is 5.59. The largest absolute Gasteiger partial charge is 0.484 e. The number of carbonyl (C=O) groups excluding carboxylic acids is 1. The molecule has 4 aliphatic rings. The molecule has 2 aromatic rings. The summed E-state index contributed by atoms with van der Waals surface area (Å²) in [5.74, 6) is -0.853. The zero-order chi connectivity index (χ0) is 22.7. The first-order valence-electron chi connectivity index (χ1n) is 10.5. The van der Waals surface area contributed by atoms with E-state index in [1.54, 1.807) is 6.33 Å². The maximum Gasteiger partial charge on any atom is 0.389 e. The third kappa shape index (κ3) is 3.95. The van der Waals surface area contributed by atoms with Crippen LogP contribution >= 0.6 is 11.6 Å². The molecule has 0 radical (unpaired) electrons. The van der Waals surface area contributed by atoms with Crippen molar-refractivity contribution in [1.29, 1.82) is 0 Å². The first-order chi connectivity index (χ1) is 15.0. The number of carbonyl (C=O) groups is 1. The predicted molar refractivity (Wildman–Crippen MR) is 108 cm³/mol. The number of imidazole rings is 1. The summed E-state index contributed by atoms with van der Waals surface area (Å²) in [7, 11) is 0. The Morgan fingerprint density at radius 3 is 2.66 bits per heavy atom. The summed E-state index contributed by atoms with van der Waals surface area (Å²) in [5.41, 5.74) is 0.521. The maximum absolute atomic E-state index is 13.4. The molecule has 6 rings (SSSR count). The predicted octanol–water partition coefficient (Wildman–Crippen LogP) is 4.95. The summed E-state index contributed by atoms with van der Waals surface area (Å²) in [5, 5.41) is 2.99. The smallest absolute Gasteiger partial charge is 0.389 e. The number of halogens is 5. The van der Waals surface area contributed by atoms with Gasteiger partial charge in [0.05, 0.1) is 22.6 Å². The highest BCUT2D eigenvalue weighted by Gasteiger charge is 2.69. The highest BCUT2D eigenvalue weighted by molar-refractivity contribution is 6.30. The van der Waals surface area contributed by atoms with Crippen LogP contribution in [-0.2, 0) is 10.3 Å². The average molecular weight is 472 g/mol. The monoisotopic (exact) mass is 471 g/mol. The summed E-state index contributed by atoms with van der Waals surface area (Å²) < 4.78 is 58.3. The van der Waals surface area contributed by atoms with Gasteiger partial charge in [0.1, 0.15) is 11.6 Å². The Morgan fingerprint density at radius 1 is 1.28 bits per heavy atom. The molecular formula is C22H22ClF4N3O2. The van der Waals surface area contributed by atoms with Crippen molar-refractivity contribution >= 4 is 17.5 Å². The number of ether oxygens (including phenoxy) is 1. The van der Waals surface area contributed by atoms with Crippen LogP contribution in [0.5, 0.6) is 5.75 Å². The SMILES string of the molecule is O=C(COc1ccc(Cl)c(F)c1)NC12CC(n3cnc(C4CC(CC(F)(F)F)C4)c3)(C1)C2. The minimum Gasteiger partial charge on any atom is -0.484 e. The van der Waals surface area contributed by atoms with Crippen LogP contribution in [0.2, 0.25) is 5.02 Å². The van der Waals surface area contributed by atoms with E-state index in [9.17, 15) is 22.4 Å². The summed E-state index contributed by atoms with van der Waals surface area (Å²) in [6.45, 7) is -0.216. The molecule has 0 aliphatic heterocycles. The Labute approximate surface area is 187 Å². The first kappa shape index (κ1) is 21.6. The number of rotatable bonds is 7. The Morgan fingerprint density at radius 2 is 2.00 bits per heavy atom. The minimum absolute atomic E-state index is 0.0120. The fourth-order valence-electron chi connectivity index (χ4n) is 5.47. The molecule has 1 amide bonds. The molecule has 2 bridgehead atoms. The van der Waals surface area contributed by atoms with Crippen molar-refractivity contribution in [1.82, 2.24) is 14.9 Å². The highest BCUT2D eigenvalue weighted by atomic mass is 35.5. The number of alkyl halides is 3. The summed E-state index contributed by atoms with van der Waals surface area (Å²) >= 11 is 5.63. The van der Waals surface area contributed by atoms with Gasteiger partial charge in [-0.05, 0) is 50.2 Å². The lowest BCUT2D eigenvalue weighted by molar-refractivity contribution is -0.156. The lowest BCUT2D eigenvalue weighted by atomic mass is 9.44. The van der Waals surface area contributed by atoms with Crippen LogP contribution in [-0.4, -0.2) is 33.8 Å². The Balaban J connectivity index is 1.08. The second-order valence-electron chi connectivity index (χ2n) is 9.51. The standard InChI is InChI=1S/C22H22ClF4N3O2/c23-16-2-1-15(5-17(16)24)32-8-19(31)29-20-9-21(10-20,11-20)30-7-18(28-12-30)14-3-13(4-14)6-22(25,26)27/h1-2,5,7,12-14H,3-4,6,8-11H2,(H,29,31). The fraction of sp³-hybridized carbons (Fsp3) is 0.545. The van der Waals surface area contributed by atoms with Crippen molar-refractivity contribution in [3.63, 3.8) is 0 Å². The van der Waals surface area contributed by atoms with E-state index in [0.29, 0.717) is 12.8 Å². The van der Waals surface area contributed by atoms with Crippen molar-refractivity contribution in [3.05, 3.63) is 47.3 Å². The van der Waals surface area contributed by atoms with Crippen molar-refractivity contribution in [2.24, 2.45) is 5.92 Å². The molecule has 0 unspecified atom stereocenters. The Hall–Kier alpha value is -2.29. The van der Waals surface area contributed by atoms with Crippen molar-refractivity contribution in [2.45, 2.75) is 61.7 Å². The quantitative estimate of drug-likeness (QED) is 0.581. The van der Waals surface area contributed by atoms with E-state index in [2.05, 4.69) is 14.9 Å². The average Bonchev–Trinajstić information content (AvgIpc) is 3.09. The van der Waals surface area contributed by atoms with Crippen LogP contribution in [0, 0.1) is 11.7 Å². The molecule has 172 valence electrons. The number of amides is 1. The number of nitrogens with zero attached hydrogens (tertiary/aromatic N) is 2. The zero-order valence-electron chi connectivity index (χ0n) is 17.1. The van der Waals surface area contributed by atoms with Crippen LogP contribution in [0.3, 0.4) is 0 Å². The van der Waals surface area contributed by atoms with Gasteiger partial charge < -0.3 is 14.6 Å². The molecule has 5 nitrogen and oxygen atoms in total. The van der Waals surface area contributed by atoms with Gasteiger partial charge in [-0.3, -0.25) is 4.79 Å². The van der Waals surface area contributed by atoms with E-state index in [1.807, 2.05) is 6.20 Å². The zero-order valence-corrected chi connectivity index (χ0v) is 17.8. The van der Waals surface area contributed by atoms with E-state index in [0.717, 1.165) is 31.0 Å². The first-order valence-corrected chi connectivity index (χ1v) is 10.9. The molecule has 4 saturated carbocycles.